The number of primary amides is 1. The molecule has 1 saturated heterocycles. The zero-order valence-electron chi connectivity index (χ0n) is 26.3. The van der Waals surface area contributed by atoms with Crippen LogP contribution in [0, 0.1) is 11.8 Å². The number of carbonyl (C=O) groups is 1. The molecule has 2 aliphatic rings. The molecule has 12 heteroatoms. The molecule has 0 aliphatic carbocycles. The van der Waals surface area contributed by atoms with Gasteiger partial charge in [0.05, 0.1) is 23.9 Å². The molecule has 0 unspecified atom stereocenters. The van der Waals surface area contributed by atoms with E-state index in [1.807, 2.05) is 64.2 Å². The van der Waals surface area contributed by atoms with E-state index >= 15 is 0 Å². The molecule has 0 spiro atoms. The number of halogens is 2. The average molecular weight is 704 g/mol. The van der Waals surface area contributed by atoms with Crippen molar-refractivity contribution in [2.24, 2.45) is 5.73 Å². The highest BCUT2D eigenvalue weighted by molar-refractivity contribution is 7.80. The van der Waals surface area contributed by atoms with Gasteiger partial charge in [-0.2, -0.15) is 5.10 Å². The summed E-state index contributed by atoms with van der Waals surface area (Å²) in [7, 11) is 0. The van der Waals surface area contributed by atoms with Crippen molar-refractivity contribution in [1.29, 1.82) is 0 Å². The summed E-state index contributed by atoms with van der Waals surface area (Å²) in [6.07, 6.45) is 0.384. The number of aryl methyl sites for hydroxylation is 1. The van der Waals surface area contributed by atoms with E-state index in [1.54, 1.807) is 4.90 Å². The fraction of sp³-hybridized carbons (Fsp3) is 0.306. The number of aliphatic hydroxyl groups excluding tert-OH is 1. The number of ether oxygens (including phenoxy) is 1. The third-order valence-corrected chi connectivity index (χ3v) is 9.55. The largest absolute Gasteiger partial charge is 0.362 e. The number of nitrogens with one attached hydrogen (secondary N) is 1. The molecule has 1 aromatic heterocycles. The van der Waals surface area contributed by atoms with Gasteiger partial charge < -0.3 is 30.7 Å². The van der Waals surface area contributed by atoms with Crippen molar-refractivity contribution in [2.45, 2.75) is 45.3 Å². The van der Waals surface area contributed by atoms with Crippen molar-refractivity contribution in [2.75, 3.05) is 26.2 Å². The first-order chi connectivity index (χ1) is 23.2. The predicted octanol–water partition coefficient (Wildman–Crippen LogP) is 5.35. The molecule has 3 heterocycles. The molecule has 0 radical (unpaired) electrons. The number of nitrogens with two attached hydrogens (primary N) is 1. The van der Waals surface area contributed by atoms with Crippen LogP contribution >= 0.6 is 35.4 Å². The first kappa shape index (κ1) is 33.9. The van der Waals surface area contributed by atoms with E-state index in [1.165, 1.54) is 5.56 Å². The van der Waals surface area contributed by atoms with E-state index < -0.39 is 12.3 Å². The molecule has 0 saturated carbocycles. The van der Waals surface area contributed by atoms with Gasteiger partial charge >= 0.3 is 6.03 Å². The Bertz CT molecular complexity index is 1850. The number of nitrogens with zero attached hydrogens (tertiary/aromatic N) is 4. The maximum absolute atomic E-state index is 12.1. The van der Waals surface area contributed by atoms with Crippen LogP contribution < -0.4 is 11.1 Å². The summed E-state index contributed by atoms with van der Waals surface area (Å²) in [5, 5.41) is 19.7. The maximum Gasteiger partial charge on any atom is 0.315 e. The summed E-state index contributed by atoms with van der Waals surface area (Å²) in [6, 6.07) is 21.2. The highest BCUT2D eigenvalue weighted by Crippen LogP contribution is 2.32. The number of thiocarbonyl (C=S) groups is 1. The number of fused-ring (bicyclic) bond motifs is 1. The summed E-state index contributed by atoms with van der Waals surface area (Å²) in [5.74, 6) is 6.49. The smallest absolute Gasteiger partial charge is 0.315 e. The van der Waals surface area contributed by atoms with Gasteiger partial charge in [0.2, 0.25) is 6.29 Å². The molecule has 0 bridgehead atoms. The Balaban J connectivity index is 1.17. The number of amides is 2. The zero-order valence-corrected chi connectivity index (χ0v) is 28.6. The van der Waals surface area contributed by atoms with E-state index in [2.05, 4.69) is 29.3 Å². The lowest BCUT2D eigenvalue weighted by Crippen LogP contribution is -2.47. The highest BCUT2D eigenvalue weighted by Gasteiger charge is 2.28. The second-order valence-electron chi connectivity index (χ2n) is 11.8. The Morgan fingerprint density at radius 1 is 1.02 bits per heavy atom. The molecule has 6 rings (SSSR count). The molecule has 48 heavy (non-hydrogen) atoms. The molecule has 1 atom stereocenters. The van der Waals surface area contributed by atoms with Gasteiger partial charge in [-0.1, -0.05) is 77.6 Å². The number of morpholine rings is 1. The number of benzene rings is 3. The molecule has 4 N–H and O–H groups in total. The van der Waals surface area contributed by atoms with Crippen LogP contribution in [0.15, 0.2) is 66.7 Å². The van der Waals surface area contributed by atoms with Crippen LogP contribution in [0.25, 0.3) is 11.3 Å². The van der Waals surface area contributed by atoms with Crippen molar-refractivity contribution < 1.29 is 14.6 Å². The molecular formula is C36H36Cl2N6O3S. The van der Waals surface area contributed by atoms with Gasteiger partial charge in [0.25, 0.3) is 0 Å². The summed E-state index contributed by atoms with van der Waals surface area (Å²) in [5.41, 5.74) is 13.3. The van der Waals surface area contributed by atoms with Crippen LogP contribution in [0.3, 0.4) is 0 Å². The van der Waals surface area contributed by atoms with Crippen LogP contribution in [0.2, 0.25) is 10.0 Å². The van der Waals surface area contributed by atoms with Crippen molar-refractivity contribution in [3.05, 3.63) is 110 Å². The number of aliphatic hydroxyl groups is 1. The first-order valence-corrected chi connectivity index (χ1v) is 17.0. The summed E-state index contributed by atoms with van der Waals surface area (Å²) in [4.78, 5) is 16.1. The molecule has 2 amide bonds. The van der Waals surface area contributed by atoms with E-state index in [-0.39, 0.29) is 0 Å². The van der Waals surface area contributed by atoms with Gasteiger partial charge in [-0.3, -0.25) is 4.68 Å². The van der Waals surface area contributed by atoms with E-state index in [0.717, 1.165) is 58.2 Å². The Morgan fingerprint density at radius 2 is 1.75 bits per heavy atom. The molecule has 3 aromatic carbocycles. The van der Waals surface area contributed by atoms with Crippen LogP contribution in [-0.4, -0.2) is 68.2 Å². The minimum Gasteiger partial charge on any atom is -0.362 e. The molecule has 248 valence electrons. The van der Waals surface area contributed by atoms with E-state index in [9.17, 15) is 9.90 Å². The standard InChI is InChI=1S/C36H36Cl2N6O3S/c37-29-11-7-26(8-12-29)22-40-21-25-4-2-24(3-5-25)6-9-27-20-28(10-13-31(27)38)33-30-23-43(36(39)46)17-14-32(30)44(41-33)16-1-15-42-18-19-47-35(45)34(42)48/h2-5,7-8,10-13,20,35,40,45H,1,14-19,21-23H2,(H2,39,46)/t35-/m1/s1. The lowest BCUT2D eigenvalue weighted by molar-refractivity contribution is -0.0750. The second kappa shape index (κ2) is 15.5. The third kappa shape index (κ3) is 8.18. The van der Waals surface area contributed by atoms with Crippen molar-refractivity contribution in [3.8, 4) is 23.1 Å². The van der Waals surface area contributed by atoms with Crippen molar-refractivity contribution >= 4 is 46.4 Å². The third-order valence-electron chi connectivity index (χ3n) is 8.51. The summed E-state index contributed by atoms with van der Waals surface area (Å²) < 4.78 is 7.25. The zero-order chi connectivity index (χ0) is 33.6. The number of carbonyl (C=O) groups excluding carboxylic acids is 1. The monoisotopic (exact) mass is 702 g/mol. The van der Waals surface area contributed by atoms with E-state index in [0.29, 0.717) is 61.3 Å². The first-order valence-electron chi connectivity index (χ1n) is 15.8. The predicted molar refractivity (Wildman–Crippen MR) is 192 cm³/mol. The number of aromatic nitrogens is 2. The highest BCUT2D eigenvalue weighted by atomic mass is 35.5. The Kier molecular flexibility index (Phi) is 11.0. The number of hydrogen-bond donors (Lipinski definition) is 3. The van der Waals surface area contributed by atoms with Crippen LogP contribution in [-0.2, 0) is 37.3 Å². The van der Waals surface area contributed by atoms with Gasteiger partial charge in [0, 0.05) is 78.7 Å². The molecule has 9 nitrogen and oxygen atoms in total. The van der Waals surface area contributed by atoms with E-state index in [4.69, 9.17) is 51.0 Å². The SMILES string of the molecule is NC(=O)N1CCc2c(c(-c3ccc(Cl)c(C#Cc4ccc(CNCc5ccc(Cl)cc5)cc4)c3)nn2CCCN2CCO[C@@H](O)C2=S)C1. The maximum atomic E-state index is 12.1. The van der Waals surface area contributed by atoms with Gasteiger partial charge in [-0.05, 0) is 53.9 Å². The summed E-state index contributed by atoms with van der Waals surface area (Å²) >= 11 is 17.9. The average Bonchev–Trinajstić information content (AvgIpc) is 3.45. The minimum absolute atomic E-state index is 0.379. The number of rotatable bonds is 9. The fourth-order valence-corrected chi connectivity index (χ4v) is 6.45. The molecule has 1 fully saturated rings. The number of hydrogen-bond acceptors (Lipinski definition) is 6. The molecule has 2 aliphatic heterocycles. The van der Waals surface area contributed by atoms with Crippen LogP contribution in [0.4, 0.5) is 4.79 Å². The molecular weight excluding hydrogens is 667 g/mol. The van der Waals surface area contributed by atoms with Gasteiger partial charge in [0.1, 0.15) is 4.99 Å². The minimum atomic E-state index is -1.03. The lowest BCUT2D eigenvalue weighted by atomic mass is 9.99. The summed E-state index contributed by atoms with van der Waals surface area (Å²) in [6.45, 7) is 4.81. The van der Waals surface area contributed by atoms with Gasteiger partial charge in [0.15, 0.2) is 0 Å². The number of urea groups is 1. The van der Waals surface area contributed by atoms with Crippen molar-refractivity contribution in [1.82, 2.24) is 24.9 Å². The second-order valence-corrected chi connectivity index (χ2v) is 13.0. The Morgan fingerprint density at radius 3 is 2.48 bits per heavy atom. The lowest BCUT2D eigenvalue weighted by Gasteiger charge is -2.32. The Hall–Kier alpha value is -3.95. The normalized spacial score (nSPS) is 16.0. The topological polar surface area (TPSA) is 109 Å². The fourth-order valence-electron chi connectivity index (χ4n) is 5.91. The molecule has 4 aromatic rings. The van der Waals surface area contributed by atoms with Gasteiger partial charge in [-0.25, -0.2) is 4.79 Å². The van der Waals surface area contributed by atoms with Crippen LogP contribution in [0.1, 0.15) is 39.9 Å². The quantitative estimate of drug-likeness (QED) is 0.159. The van der Waals surface area contributed by atoms with Crippen molar-refractivity contribution in [3.63, 3.8) is 0 Å². The Labute approximate surface area is 295 Å². The van der Waals surface area contributed by atoms with Crippen LogP contribution in [0.5, 0.6) is 0 Å². The van der Waals surface area contributed by atoms with Gasteiger partial charge in [-0.15, -0.1) is 0 Å².